The van der Waals surface area contributed by atoms with Crippen LogP contribution in [0.15, 0.2) is 37.6 Å². The first kappa shape index (κ1) is 36.6. The zero-order valence-electron chi connectivity index (χ0n) is 25.4. The van der Waals surface area contributed by atoms with Gasteiger partial charge in [-0.05, 0) is 84.9 Å². The molecule has 0 bridgehead atoms. The maximum atomic E-state index is 11.7. The largest absolute Gasteiger partial charge is 0.497 e. The molecule has 0 heterocycles. The number of nitrogens with one attached hydrogen (secondary N) is 1. The van der Waals surface area contributed by atoms with Crippen molar-refractivity contribution >= 4 is 5.91 Å². The van der Waals surface area contributed by atoms with Gasteiger partial charge in [-0.3, -0.25) is 4.79 Å². The maximum Gasteiger partial charge on any atom is 0.222 e. The molecule has 0 aromatic carbocycles. The van der Waals surface area contributed by atoms with Gasteiger partial charge in [0.15, 0.2) is 0 Å². The smallest absolute Gasteiger partial charge is 0.222 e. The minimum atomic E-state index is 0.0750. The minimum absolute atomic E-state index is 0.0750. The summed E-state index contributed by atoms with van der Waals surface area (Å²) in [4.78, 5) is 12.9. The molecule has 0 aromatic heterocycles. The Bertz CT molecular complexity index is 1920. The second-order valence-electron chi connectivity index (χ2n) is 8.18. The number of hydrogen-bond donors (Lipinski definition) is 1. The molecule has 0 spiro atoms. The summed E-state index contributed by atoms with van der Waals surface area (Å²) < 4.78 is 5.67. The van der Waals surface area contributed by atoms with Crippen LogP contribution in [-0.2, 0) is 9.53 Å². The molecule has 1 amide bonds. The first-order chi connectivity index (χ1) is 22.7. The van der Waals surface area contributed by atoms with Crippen LogP contribution in [-0.4, -0.2) is 24.0 Å². The SMILES string of the molecule is C=CCC#CC#CC#CC#CN(C#CC#CC#CC#CC#CC=COC1CCC(C(=O)NC)CC1)C#CC#CC#CC#CCC=C. The summed E-state index contributed by atoms with van der Waals surface area (Å²) >= 11 is 0. The van der Waals surface area contributed by atoms with Crippen molar-refractivity contribution in [1.29, 1.82) is 0 Å². The third-order valence-corrected chi connectivity index (χ3v) is 5.02. The summed E-state index contributed by atoms with van der Waals surface area (Å²) in [5.41, 5.74) is 0. The average molecular weight is 591 g/mol. The number of carbonyl (C=O) groups excluding carboxylic acids is 1. The standard InChI is InChI=1S/C42H26N2O2/c1-4-6-8-10-12-16-20-24-28-36-44(37-29-25-21-17-13-11-9-7-5-2)38-30-26-22-18-14-15-19-23-27-31-39-46-41-34-32-40(33-35-41)42(45)43-3/h4-5,31,39-41H,1-2,6-7,32-35H2,3H3,(H,43,45). The van der Waals surface area contributed by atoms with Gasteiger partial charge >= 0.3 is 0 Å². The molecule has 0 aromatic rings. The Morgan fingerprint density at radius 3 is 1.50 bits per heavy atom. The third kappa shape index (κ3) is 21.3. The van der Waals surface area contributed by atoms with Gasteiger partial charge in [-0.2, -0.15) is 4.90 Å². The molecule has 216 valence electrons. The Balaban J connectivity index is 2.74. The predicted molar refractivity (Wildman–Crippen MR) is 183 cm³/mol. The molecule has 4 heteroatoms. The highest BCUT2D eigenvalue weighted by atomic mass is 16.5. The second-order valence-corrected chi connectivity index (χ2v) is 8.18. The lowest BCUT2D eigenvalue weighted by atomic mass is 9.87. The molecule has 46 heavy (non-hydrogen) atoms. The molecule has 1 aliphatic carbocycles. The normalized spacial score (nSPS) is 11.9. The molecule has 0 radical (unpaired) electrons. The van der Waals surface area contributed by atoms with Crippen LogP contribution >= 0.6 is 0 Å². The zero-order chi connectivity index (χ0) is 33.2. The Labute approximate surface area is 274 Å². The molecule has 4 nitrogen and oxygen atoms in total. The van der Waals surface area contributed by atoms with Crippen molar-refractivity contribution in [2.45, 2.75) is 44.6 Å². The van der Waals surface area contributed by atoms with E-state index in [4.69, 9.17) is 4.74 Å². The van der Waals surface area contributed by atoms with Gasteiger partial charge in [-0.1, -0.05) is 29.9 Å². The lowest BCUT2D eigenvalue weighted by Crippen LogP contribution is -2.32. The van der Waals surface area contributed by atoms with Crippen molar-refractivity contribution in [3.63, 3.8) is 0 Å². The second kappa shape index (κ2) is 27.7. The van der Waals surface area contributed by atoms with Gasteiger partial charge in [0.25, 0.3) is 0 Å². The van der Waals surface area contributed by atoms with Gasteiger partial charge < -0.3 is 10.1 Å². The number of hydrogen-bond acceptors (Lipinski definition) is 3. The van der Waals surface area contributed by atoms with Crippen LogP contribution in [0.3, 0.4) is 0 Å². The Morgan fingerprint density at radius 1 is 0.652 bits per heavy atom. The molecule has 1 aliphatic rings. The lowest BCUT2D eigenvalue weighted by molar-refractivity contribution is -0.126. The number of allylic oxidation sites excluding steroid dienone is 3. The molecular formula is C42H26N2O2. The molecule has 1 saturated carbocycles. The van der Waals surface area contributed by atoms with Crippen molar-refractivity contribution in [3.05, 3.63) is 37.6 Å². The minimum Gasteiger partial charge on any atom is -0.497 e. The van der Waals surface area contributed by atoms with Crippen molar-refractivity contribution in [3.8, 4) is 154 Å². The van der Waals surface area contributed by atoms with Gasteiger partial charge in [0, 0.05) is 109 Å². The summed E-state index contributed by atoms with van der Waals surface area (Å²) in [6.07, 6.45) is 11.0. The van der Waals surface area contributed by atoms with Crippen LogP contribution in [0.5, 0.6) is 0 Å². The maximum absolute atomic E-state index is 11.7. The average Bonchev–Trinajstić information content (AvgIpc) is 3.08. The van der Waals surface area contributed by atoms with E-state index < -0.39 is 0 Å². The molecule has 0 unspecified atom stereocenters. The highest BCUT2D eigenvalue weighted by Crippen LogP contribution is 2.26. The Hall–Kier alpha value is -7.43. The molecule has 0 saturated heterocycles. The van der Waals surface area contributed by atoms with Crippen molar-refractivity contribution < 1.29 is 9.53 Å². The topological polar surface area (TPSA) is 41.6 Å². The van der Waals surface area contributed by atoms with Crippen LogP contribution in [0.25, 0.3) is 0 Å². The van der Waals surface area contributed by atoms with E-state index in [0.717, 1.165) is 25.7 Å². The quantitative estimate of drug-likeness (QED) is 0.232. The summed E-state index contributed by atoms with van der Waals surface area (Å²) in [5.74, 6) is 60.3. The summed E-state index contributed by atoms with van der Waals surface area (Å²) in [5, 5.41) is 2.70. The molecule has 0 atom stereocenters. The van der Waals surface area contributed by atoms with Gasteiger partial charge in [-0.15, -0.1) is 13.2 Å². The van der Waals surface area contributed by atoms with Crippen LogP contribution in [0.4, 0.5) is 0 Å². The number of rotatable bonds is 5. The van der Waals surface area contributed by atoms with E-state index in [1.54, 1.807) is 31.5 Å². The van der Waals surface area contributed by atoms with Crippen LogP contribution < -0.4 is 5.32 Å². The fourth-order valence-corrected chi connectivity index (χ4v) is 3.04. The summed E-state index contributed by atoms with van der Waals surface area (Å²) in [7, 11) is 1.66. The third-order valence-electron chi connectivity index (χ3n) is 5.02. The Morgan fingerprint density at radius 2 is 1.07 bits per heavy atom. The van der Waals surface area contributed by atoms with Crippen LogP contribution in [0, 0.1) is 160 Å². The fraction of sp³-hybridized carbons (Fsp3) is 0.214. The number of carbonyl (C=O) groups is 1. The van der Waals surface area contributed by atoms with Crippen molar-refractivity contribution in [2.24, 2.45) is 5.92 Å². The monoisotopic (exact) mass is 590 g/mol. The highest BCUT2D eigenvalue weighted by molar-refractivity contribution is 5.78. The van der Waals surface area contributed by atoms with Gasteiger partial charge in [0.05, 0.1) is 12.4 Å². The van der Waals surface area contributed by atoms with E-state index in [-0.39, 0.29) is 17.9 Å². The van der Waals surface area contributed by atoms with E-state index in [1.807, 2.05) is 0 Å². The lowest BCUT2D eigenvalue weighted by Gasteiger charge is -2.26. The van der Waals surface area contributed by atoms with Gasteiger partial charge in [0.1, 0.15) is 0 Å². The van der Waals surface area contributed by atoms with Crippen LogP contribution in [0.1, 0.15) is 38.5 Å². The first-order valence-electron chi connectivity index (χ1n) is 13.7. The van der Waals surface area contributed by atoms with E-state index in [9.17, 15) is 4.79 Å². The summed E-state index contributed by atoms with van der Waals surface area (Å²) in [6.45, 7) is 7.15. The number of nitrogens with zero attached hydrogens (tertiary/aromatic N) is 1. The van der Waals surface area contributed by atoms with Crippen molar-refractivity contribution in [1.82, 2.24) is 10.2 Å². The summed E-state index contributed by atoms with van der Waals surface area (Å²) in [6, 6.07) is 7.99. The van der Waals surface area contributed by atoms with Gasteiger partial charge in [-0.25, -0.2) is 0 Å². The molecule has 1 N–H and O–H groups in total. The van der Waals surface area contributed by atoms with E-state index in [0.29, 0.717) is 12.8 Å². The fourth-order valence-electron chi connectivity index (χ4n) is 3.04. The van der Waals surface area contributed by atoms with Crippen molar-refractivity contribution in [2.75, 3.05) is 7.05 Å². The molecule has 1 rings (SSSR count). The number of amides is 1. The predicted octanol–water partition coefficient (Wildman–Crippen LogP) is 3.19. The van der Waals surface area contributed by atoms with Crippen LogP contribution in [0.2, 0.25) is 0 Å². The molecular weight excluding hydrogens is 564 g/mol. The molecule has 1 fully saturated rings. The first-order valence-corrected chi connectivity index (χ1v) is 13.7. The van der Waals surface area contributed by atoms with E-state index in [2.05, 4.69) is 173 Å². The van der Waals surface area contributed by atoms with E-state index >= 15 is 0 Å². The zero-order valence-corrected chi connectivity index (χ0v) is 25.4. The molecule has 0 aliphatic heterocycles. The number of ether oxygens (including phenoxy) is 1. The van der Waals surface area contributed by atoms with Gasteiger partial charge in [0.2, 0.25) is 5.91 Å². The Kier molecular flexibility index (Phi) is 22.1. The highest BCUT2D eigenvalue weighted by Gasteiger charge is 2.25. The van der Waals surface area contributed by atoms with E-state index in [1.165, 1.54) is 4.90 Å².